The smallest absolute Gasteiger partial charge is 0.288 e. The van der Waals surface area contributed by atoms with Gasteiger partial charge in [-0.15, -0.1) is 0 Å². The summed E-state index contributed by atoms with van der Waals surface area (Å²) in [6, 6.07) is 4.59. The maximum atomic E-state index is 11.8. The average Bonchev–Trinajstić information content (AvgIpc) is 2.34. The van der Waals surface area contributed by atoms with Crippen molar-refractivity contribution in [1.82, 2.24) is 9.55 Å². The summed E-state index contributed by atoms with van der Waals surface area (Å²) in [6.07, 6.45) is 2.78. The van der Waals surface area contributed by atoms with Crippen LogP contribution in [-0.2, 0) is 6.54 Å². The van der Waals surface area contributed by atoms with Crippen molar-refractivity contribution in [3.63, 3.8) is 0 Å². The number of nitro groups is 1. The highest BCUT2D eigenvalue weighted by Crippen LogP contribution is 2.14. The number of nitrogens with two attached hydrogens (primary N) is 1. The summed E-state index contributed by atoms with van der Waals surface area (Å²) in [4.78, 5) is 26.0. The topological polar surface area (TPSA) is 104 Å². The molecule has 0 aromatic carbocycles. The Balaban J connectivity index is 2.40. The highest BCUT2D eigenvalue weighted by molar-refractivity contribution is 5.36. The first-order valence-electron chi connectivity index (χ1n) is 5.53. The van der Waals surface area contributed by atoms with E-state index in [0.717, 1.165) is 5.56 Å². The molecule has 2 N–H and O–H groups in total. The summed E-state index contributed by atoms with van der Waals surface area (Å²) in [7, 11) is 0. The van der Waals surface area contributed by atoms with Gasteiger partial charge in [0.05, 0.1) is 17.7 Å². The molecule has 0 aliphatic rings. The Hall–Kier alpha value is -2.70. The molecule has 2 heterocycles. The van der Waals surface area contributed by atoms with Crippen molar-refractivity contribution in [3.05, 3.63) is 62.2 Å². The van der Waals surface area contributed by atoms with Crippen LogP contribution >= 0.6 is 0 Å². The number of hydrogen-bond acceptors (Lipinski definition) is 5. The maximum Gasteiger partial charge on any atom is 0.288 e. The van der Waals surface area contributed by atoms with E-state index in [-0.39, 0.29) is 17.8 Å². The molecule has 0 spiro atoms. The Morgan fingerprint density at radius 2 is 2.21 bits per heavy atom. The maximum absolute atomic E-state index is 11.8. The van der Waals surface area contributed by atoms with Crippen LogP contribution in [0.4, 0.5) is 11.5 Å². The first-order chi connectivity index (χ1) is 8.97. The number of rotatable bonds is 3. The molecule has 0 saturated carbocycles. The summed E-state index contributed by atoms with van der Waals surface area (Å²) in [6.45, 7) is 1.75. The van der Waals surface area contributed by atoms with E-state index < -0.39 is 4.92 Å². The van der Waals surface area contributed by atoms with E-state index >= 15 is 0 Å². The third-order valence-electron chi connectivity index (χ3n) is 2.70. The van der Waals surface area contributed by atoms with Crippen LogP contribution in [-0.4, -0.2) is 14.5 Å². The molecule has 0 saturated heterocycles. The molecule has 0 radical (unpaired) electrons. The van der Waals surface area contributed by atoms with E-state index in [1.54, 1.807) is 12.1 Å². The number of nitrogen functional groups attached to an aromatic ring is 1. The summed E-state index contributed by atoms with van der Waals surface area (Å²) in [5.41, 5.74) is 6.19. The van der Waals surface area contributed by atoms with Gasteiger partial charge in [0.15, 0.2) is 0 Å². The summed E-state index contributed by atoms with van der Waals surface area (Å²) >= 11 is 0. The van der Waals surface area contributed by atoms with Crippen LogP contribution < -0.4 is 11.3 Å². The largest absolute Gasteiger partial charge is 0.384 e. The SMILES string of the molecule is Cc1cc(=O)n(Cc2ccc(N)nc2)cc1[N+](=O)[O-]. The second-order valence-corrected chi connectivity index (χ2v) is 4.16. The molecule has 19 heavy (non-hydrogen) atoms. The van der Waals surface area contributed by atoms with Crippen LogP contribution in [0, 0.1) is 17.0 Å². The number of hydrogen-bond donors (Lipinski definition) is 1. The summed E-state index contributed by atoms with van der Waals surface area (Å²) in [5, 5.41) is 10.8. The number of aromatic nitrogens is 2. The van der Waals surface area contributed by atoms with Gasteiger partial charge in [0, 0.05) is 17.8 Å². The third kappa shape index (κ3) is 2.76. The van der Waals surface area contributed by atoms with Crippen molar-refractivity contribution < 1.29 is 4.92 Å². The van der Waals surface area contributed by atoms with E-state index in [2.05, 4.69) is 4.98 Å². The first kappa shape index (κ1) is 12.7. The molecule has 0 unspecified atom stereocenters. The van der Waals surface area contributed by atoms with Crippen molar-refractivity contribution in [1.29, 1.82) is 0 Å². The number of pyridine rings is 2. The van der Waals surface area contributed by atoms with Gasteiger partial charge in [-0.3, -0.25) is 14.9 Å². The minimum absolute atomic E-state index is 0.0806. The highest BCUT2D eigenvalue weighted by atomic mass is 16.6. The van der Waals surface area contributed by atoms with Gasteiger partial charge in [0.25, 0.3) is 11.2 Å². The van der Waals surface area contributed by atoms with Gasteiger partial charge in [0.1, 0.15) is 5.82 Å². The molecule has 0 fully saturated rings. The average molecular weight is 260 g/mol. The summed E-state index contributed by atoms with van der Waals surface area (Å²) in [5.74, 6) is 0.381. The van der Waals surface area contributed by atoms with Gasteiger partial charge in [-0.25, -0.2) is 4.98 Å². The van der Waals surface area contributed by atoms with Gasteiger partial charge in [-0.1, -0.05) is 6.07 Å². The van der Waals surface area contributed by atoms with E-state index in [1.165, 1.54) is 30.0 Å². The van der Waals surface area contributed by atoms with Gasteiger partial charge in [-0.2, -0.15) is 0 Å². The van der Waals surface area contributed by atoms with Gasteiger partial charge in [-0.05, 0) is 18.6 Å². The first-order valence-corrected chi connectivity index (χ1v) is 5.53. The van der Waals surface area contributed by atoms with Crippen LogP contribution in [0.5, 0.6) is 0 Å². The van der Waals surface area contributed by atoms with Gasteiger partial charge >= 0.3 is 0 Å². The van der Waals surface area contributed by atoms with Crippen LogP contribution in [0.3, 0.4) is 0 Å². The van der Waals surface area contributed by atoms with Crippen molar-refractivity contribution in [2.75, 3.05) is 5.73 Å². The lowest BCUT2D eigenvalue weighted by atomic mass is 10.2. The highest BCUT2D eigenvalue weighted by Gasteiger charge is 2.13. The third-order valence-corrected chi connectivity index (χ3v) is 2.70. The molecule has 98 valence electrons. The lowest BCUT2D eigenvalue weighted by molar-refractivity contribution is -0.385. The lowest BCUT2D eigenvalue weighted by Gasteiger charge is -2.06. The standard InChI is InChI=1S/C12H12N4O3/c1-8-4-12(17)15(7-10(8)16(18)19)6-9-2-3-11(13)14-5-9/h2-5,7H,6H2,1H3,(H2,13,14). The second-order valence-electron chi connectivity index (χ2n) is 4.16. The van der Waals surface area contributed by atoms with E-state index in [0.29, 0.717) is 11.4 Å². The predicted molar refractivity (Wildman–Crippen MR) is 69.8 cm³/mol. The monoisotopic (exact) mass is 260 g/mol. The van der Waals surface area contributed by atoms with Crippen LogP contribution in [0.25, 0.3) is 0 Å². The predicted octanol–water partition coefficient (Wildman–Crippen LogP) is 1.09. The fraction of sp³-hybridized carbons (Fsp3) is 0.167. The fourth-order valence-electron chi connectivity index (χ4n) is 1.70. The van der Waals surface area contributed by atoms with Gasteiger partial charge in [0.2, 0.25) is 0 Å². The fourth-order valence-corrected chi connectivity index (χ4v) is 1.70. The zero-order valence-corrected chi connectivity index (χ0v) is 10.2. The van der Waals surface area contributed by atoms with Crippen LogP contribution in [0.2, 0.25) is 0 Å². The van der Waals surface area contributed by atoms with E-state index in [9.17, 15) is 14.9 Å². The summed E-state index contributed by atoms with van der Waals surface area (Å²) < 4.78 is 1.28. The minimum atomic E-state index is -0.507. The Kier molecular flexibility index (Phi) is 3.28. The van der Waals surface area contributed by atoms with Crippen LogP contribution in [0.15, 0.2) is 35.4 Å². The zero-order chi connectivity index (χ0) is 14.0. The second kappa shape index (κ2) is 4.89. The molecule has 7 heteroatoms. The molecule has 0 aliphatic heterocycles. The molecular weight excluding hydrogens is 248 g/mol. The van der Waals surface area contributed by atoms with Crippen molar-refractivity contribution in [2.24, 2.45) is 0 Å². The molecule has 0 bridgehead atoms. The van der Waals surface area contributed by atoms with Crippen molar-refractivity contribution >= 4 is 11.5 Å². The molecular formula is C12H12N4O3. The normalized spacial score (nSPS) is 10.4. The molecule has 2 aromatic rings. The molecule has 2 aromatic heterocycles. The molecule has 0 aliphatic carbocycles. The van der Waals surface area contributed by atoms with E-state index in [1.807, 2.05) is 0 Å². The Bertz CT molecular complexity index is 676. The minimum Gasteiger partial charge on any atom is -0.384 e. The quantitative estimate of drug-likeness (QED) is 0.657. The molecule has 0 atom stereocenters. The van der Waals surface area contributed by atoms with Crippen molar-refractivity contribution in [2.45, 2.75) is 13.5 Å². The van der Waals surface area contributed by atoms with Gasteiger partial charge < -0.3 is 10.3 Å². The molecule has 7 nitrogen and oxygen atoms in total. The number of anilines is 1. The van der Waals surface area contributed by atoms with Crippen molar-refractivity contribution in [3.8, 4) is 0 Å². The lowest BCUT2D eigenvalue weighted by Crippen LogP contribution is -2.20. The van der Waals surface area contributed by atoms with Crippen LogP contribution in [0.1, 0.15) is 11.1 Å². The molecule has 0 amide bonds. The Morgan fingerprint density at radius 1 is 1.47 bits per heavy atom. The van der Waals surface area contributed by atoms with E-state index in [4.69, 9.17) is 5.73 Å². The molecule has 2 rings (SSSR count). The number of aryl methyl sites for hydroxylation is 1. The Labute approximate surface area is 108 Å². The Morgan fingerprint density at radius 3 is 2.79 bits per heavy atom. The zero-order valence-electron chi connectivity index (χ0n) is 10.2. The number of nitrogens with zero attached hydrogens (tertiary/aromatic N) is 3.